The largest absolute Gasteiger partial charge is 0.303 e. The van der Waals surface area contributed by atoms with Gasteiger partial charge in [0.05, 0.1) is 5.69 Å². The molecule has 0 radical (unpaired) electrons. The van der Waals surface area contributed by atoms with Crippen molar-refractivity contribution in [3.8, 4) is 0 Å². The maximum atomic E-state index is 12.3. The first-order valence-electron chi connectivity index (χ1n) is 7.79. The maximum absolute atomic E-state index is 12.3. The number of nitrogens with zero attached hydrogens (tertiary/aromatic N) is 4. The standard InChI is InChI=1S/C15H21N5O3S3/c1-5-10-24-15-18-17-14(25-15)16-13(21)11-6-8-12(9-7-11)20(4)26(22,23)19(2)3/h6-9H,5,10H2,1-4H3,(H,16,17,21). The molecule has 1 aromatic heterocycles. The van der Waals surface area contributed by atoms with Crippen LogP contribution in [0.4, 0.5) is 10.8 Å². The van der Waals surface area contributed by atoms with Crippen LogP contribution in [0.3, 0.4) is 0 Å². The van der Waals surface area contributed by atoms with Crippen molar-refractivity contribution in [3.05, 3.63) is 29.8 Å². The van der Waals surface area contributed by atoms with E-state index in [4.69, 9.17) is 0 Å². The molecule has 0 saturated carbocycles. The van der Waals surface area contributed by atoms with Crippen molar-refractivity contribution in [2.24, 2.45) is 0 Å². The second-order valence-corrected chi connectivity index (χ2v) is 9.97. The van der Waals surface area contributed by atoms with E-state index in [2.05, 4.69) is 22.4 Å². The Morgan fingerprint density at radius 2 is 1.85 bits per heavy atom. The minimum absolute atomic E-state index is 0.321. The van der Waals surface area contributed by atoms with E-state index >= 15 is 0 Å². The lowest BCUT2D eigenvalue weighted by molar-refractivity contribution is 0.102. The van der Waals surface area contributed by atoms with Gasteiger partial charge in [-0.1, -0.05) is 30.0 Å². The molecule has 0 spiro atoms. The van der Waals surface area contributed by atoms with Crippen LogP contribution < -0.4 is 9.62 Å². The Bertz CT molecular complexity index is 850. The zero-order chi connectivity index (χ0) is 19.3. The van der Waals surface area contributed by atoms with Gasteiger partial charge in [-0.05, 0) is 30.7 Å². The summed E-state index contributed by atoms with van der Waals surface area (Å²) in [5.41, 5.74) is 0.867. The van der Waals surface area contributed by atoms with Gasteiger partial charge in [0.1, 0.15) is 0 Å². The van der Waals surface area contributed by atoms with Crippen LogP contribution in [0.25, 0.3) is 0 Å². The monoisotopic (exact) mass is 415 g/mol. The molecule has 0 aliphatic carbocycles. The Kier molecular flexibility index (Phi) is 6.98. The van der Waals surface area contributed by atoms with Gasteiger partial charge < -0.3 is 0 Å². The number of hydrogen-bond donors (Lipinski definition) is 1. The molecule has 26 heavy (non-hydrogen) atoms. The average Bonchev–Trinajstić information content (AvgIpc) is 3.06. The van der Waals surface area contributed by atoms with Crippen LogP contribution in [0.2, 0.25) is 0 Å². The first kappa shape index (κ1) is 20.6. The molecule has 8 nitrogen and oxygen atoms in total. The third kappa shape index (κ3) is 4.93. The predicted octanol–water partition coefficient (Wildman–Crippen LogP) is 2.54. The Morgan fingerprint density at radius 1 is 1.19 bits per heavy atom. The van der Waals surface area contributed by atoms with E-state index in [1.54, 1.807) is 36.0 Å². The summed E-state index contributed by atoms with van der Waals surface area (Å²) in [6.07, 6.45) is 1.04. The highest BCUT2D eigenvalue weighted by atomic mass is 32.2. The zero-order valence-corrected chi connectivity index (χ0v) is 17.4. The summed E-state index contributed by atoms with van der Waals surface area (Å²) < 4.78 is 27.3. The number of rotatable bonds is 8. The highest BCUT2D eigenvalue weighted by Gasteiger charge is 2.21. The Hall–Kier alpha value is -1.69. The van der Waals surface area contributed by atoms with Crippen molar-refractivity contribution in [2.75, 3.05) is 36.5 Å². The zero-order valence-electron chi connectivity index (χ0n) is 15.0. The number of nitrogens with one attached hydrogen (secondary N) is 1. The molecule has 0 saturated heterocycles. The van der Waals surface area contributed by atoms with E-state index in [0.29, 0.717) is 16.4 Å². The van der Waals surface area contributed by atoms with Gasteiger partial charge >= 0.3 is 10.2 Å². The smallest absolute Gasteiger partial charge is 0.296 e. The molecule has 11 heteroatoms. The van der Waals surface area contributed by atoms with Crippen LogP contribution in [0.1, 0.15) is 23.7 Å². The maximum Gasteiger partial charge on any atom is 0.303 e. The first-order valence-corrected chi connectivity index (χ1v) is 11.0. The van der Waals surface area contributed by atoms with E-state index < -0.39 is 10.2 Å². The van der Waals surface area contributed by atoms with E-state index in [0.717, 1.165) is 25.1 Å². The van der Waals surface area contributed by atoms with Crippen LogP contribution in [0, 0.1) is 0 Å². The lowest BCUT2D eigenvalue weighted by atomic mass is 10.2. The predicted molar refractivity (Wildman–Crippen MR) is 106 cm³/mol. The molecule has 1 N–H and O–H groups in total. The van der Waals surface area contributed by atoms with Crippen LogP contribution in [-0.4, -0.2) is 55.7 Å². The molecule has 0 bridgehead atoms. The number of aromatic nitrogens is 2. The number of amides is 1. The number of thioether (sulfide) groups is 1. The van der Waals surface area contributed by atoms with Gasteiger partial charge in [0, 0.05) is 32.5 Å². The van der Waals surface area contributed by atoms with Crippen LogP contribution in [0.5, 0.6) is 0 Å². The number of benzene rings is 1. The first-order chi connectivity index (χ1) is 12.3. The Morgan fingerprint density at radius 3 is 2.42 bits per heavy atom. The van der Waals surface area contributed by atoms with E-state index in [1.807, 2.05) is 0 Å². The normalized spacial score (nSPS) is 11.6. The second-order valence-electron chi connectivity index (χ2n) is 5.48. The lowest BCUT2D eigenvalue weighted by Crippen LogP contribution is -2.37. The van der Waals surface area contributed by atoms with Crippen LogP contribution >= 0.6 is 23.1 Å². The van der Waals surface area contributed by atoms with Gasteiger partial charge in [0.15, 0.2) is 4.34 Å². The highest BCUT2D eigenvalue weighted by molar-refractivity contribution is 8.01. The number of anilines is 2. The van der Waals surface area contributed by atoms with Gasteiger partial charge in [-0.15, -0.1) is 10.2 Å². The van der Waals surface area contributed by atoms with Crippen LogP contribution in [0.15, 0.2) is 28.6 Å². The fourth-order valence-electron chi connectivity index (χ4n) is 1.88. The fraction of sp³-hybridized carbons (Fsp3) is 0.400. The summed E-state index contributed by atoms with van der Waals surface area (Å²) >= 11 is 2.93. The molecule has 2 aromatic rings. The molecule has 1 amide bonds. The van der Waals surface area contributed by atoms with Gasteiger partial charge in [0.25, 0.3) is 5.91 Å². The third-order valence-electron chi connectivity index (χ3n) is 3.36. The second kappa shape index (κ2) is 8.80. The highest BCUT2D eigenvalue weighted by Crippen LogP contribution is 2.26. The summed E-state index contributed by atoms with van der Waals surface area (Å²) in [5.74, 6) is 0.630. The van der Waals surface area contributed by atoms with Gasteiger partial charge in [-0.3, -0.25) is 14.4 Å². The summed E-state index contributed by atoms with van der Waals surface area (Å²) in [6.45, 7) is 2.08. The molecule has 0 atom stereocenters. The Labute approximate surface area is 161 Å². The number of carbonyl (C=O) groups is 1. The quantitative estimate of drug-likeness (QED) is 0.526. The summed E-state index contributed by atoms with van der Waals surface area (Å²) in [5, 5.41) is 11.1. The molecule has 0 aliphatic rings. The molecule has 142 valence electrons. The van der Waals surface area contributed by atoms with Crippen molar-refractivity contribution in [1.29, 1.82) is 0 Å². The summed E-state index contributed by atoms with van der Waals surface area (Å²) in [4.78, 5) is 12.3. The van der Waals surface area contributed by atoms with Crippen molar-refractivity contribution in [3.63, 3.8) is 0 Å². The number of hydrogen-bond acceptors (Lipinski definition) is 7. The van der Waals surface area contributed by atoms with Crippen LogP contribution in [-0.2, 0) is 10.2 Å². The molecule has 1 aromatic carbocycles. The van der Waals surface area contributed by atoms with Gasteiger partial charge in [-0.2, -0.15) is 12.7 Å². The number of carbonyl (C=O) groups excluding carboxylic acids is 1. The van der Waals surface area contributed by atoms with E-state index in [1.165, 1.54) is 32.5 Å². The average molecular weight is 416 g/mol. The summed E-state index contributed by atoms with van der Waals surface area (Å²) in [6, 6.07) is 6.30. The minimum atomic E-state index is -3.57. The molecule has 2 rings (SSSR count). The Balaban J connectivity index is 2.06. The summed E-state index contributed by atoms with van der Waals surface area (Å²) in [7, 11) is 0.812. The van der Waals surface area contributed by atoms with E-state index in [9.17, 15) is 13.2 Å². The van der Waals surface area contributed by atoms with Crippen molar-refractivity contribution >= 4 is 50.0 Å². The fourth-order valence-corrected chi connectivity index (χ4v) is 4.43. The van der Waals surface area contributed by atoms with Crippen molar-refractivity contribution < 1.29 is 13.2 Å². The molecule has 0 unspecified atom stereocenters. The molecular formula is C15H21N5O3S3. The molecule has 1 heterocycles. The van der Waals surface area contributed by atoms with Gasteiger partial charge in [0.2, 0.25) is 5.13 Å². The molecule has 0 aliphatic heterocycles. The third-order valence-corrected chi connectivity index (χ3v) is 7.36. The topological polar surface area (TPSA) is 95.5 Å². The van der Waals surface area contributed by atoms with Gasteiger partial charge in [-0.25, -0.2) is 0 Å². The minimum Gasteiger partial charge on any atom is -0.296 e. The van der Waals surface area contributed by atoms with Crippen molar-refractivity contribution in [1.82, 2.24) is 14.5 Å². The van der Waals surface area contributed by atoms with E-state index in [-0.39, 0.29) is 5.91 Å². The SMILES string of the molecule is CCCSc1nnc(NC(=O)c2ccc(N(C)S(=O)(=O)N(C)C)cc2)s1. The van der Waals surface area contributed by atoms with Crippen molar-refractivity contribution in [2.45, 2.75) is 17.7 Å². The lowest BCUT2D eigenvalue weighted by Gasteiger charge is -2.23. The molecule has 0 fully saturated rings. The molecular weight excluding hydrogens is 394 g/mol.